The van der Waals surface area contributed by atoms with Crippen LogP contribution in [0.15, 0.2) is 30.6 Å². The van der Waals surface area contributed by atoms with Gasteiger partial charge in [0.1, 0.15) is 17.1 Å². The van der Waals surface area contributed by atoms with Gasteiger partial charge in [-0.25, -0.2) is 4.98 Å². The number of aromatic amines is 1. The number of nitrogens with zero attached hydrogens (tertiary/aromatic N) is 3. The van der Waals surface area contributed by atoms with E-state index in [4.69, 9.17) is 9.47 Å². The number of carbonyl (C=O) groups is 1. The van der Waals surface area contributed by atoms with Crippen molar-refractivity contribution in [2.24, 2.45) is 0 Å². The summed E-state index contributed by atoms with van der Waals surface area (Å²) < 4.78 is 11.1. The van der Waals surface area contributed by atoms with E-state index in [2.05, 4.69) is 25.5 Å². The van der Waals surface area contributed by atoms with Gasteiger partial charge in [0.15, 0.2) is 6.61 Å². The smallest absolute Gasteiger partial charge is 0.258 e. The van der Waals surface area contributed by atoms with Crippen LogP contribution >= 0.6 is 0 Å². The second-order valence-electron chi connectivity index (χ2n) is 5.36. The Bertz CT molecular complexity index is 892. The summed E-state index contributed by atoms with van der Waals surface area (Å²) >= 11 is 0. The van der Waals surface area contributed by atoms with Crippen LogP contribution in [0.2, 0.25) is 0 Å². The second-order valence-corrected chi connectivity index (χ2v) is 5.36. The summed E-state index contributed by atoms with van der Waals surface area (Å²) in [5, 5.41) is 11.0. The van der Waals surface area contributed by atoms with Crippen molar-refractivity contribution in [1.82, 2.24) is 25.5 Å². The van der Waals surface area contributed by atoms with Gasteiger partial charge in [-0.15, -0.1) is 0 Å². The molecule has 0 saturated carbocycles. The molecule has 0 aliphatic carbocycles. The summed E-state index contributed by atoms with van der Waals surface area (Å²) in [5.41, 5.74) is 2.10. The molecule has 0 radical (unpaired) electrons. The highest BCUT2D eigenvalue weighted by Gasteiger charge is 2.13. The molecule has 3 heterocycles. The SMILES string of the molecule is O=C1COc2cncc(n2)-c2n[nH]c3ccc(cc23)OCCCN1. The Morgan fingerprint density at radius 3 is 3.08 bits per heavy atom. The van der Waals surface area contributed by atoms with Crippen molar-refractivity contribution in [1.29, 1.82) is 0 Å². The molecule has 8 nitrogen and oxygen atoms in total. The second kappa shape index (κ2) is 6.15. The van der Waals surface area contributed by atoms with E-state index in [0.29, 0.717) is 31.0 Å². The van der Waals surface area contributed by atoms with Gasteiger partial charge < -0.3 is 14.8 Å². The fourth-order valence-electron chi connectivity index (χ4n) is 2.49. The first-order valence-corrected chi connectivity index (χ1v) is 7.62. The van der Waals surface area contributed by atoms with E-state index in [1.54, 1.807) is 6.20 Å². The fourth-order valence-corrected chi connectivity index (χ4v) is 2.49. The van der Waals surface area contributed by atoms with Gasteiger partial charge in [-0.1, -0.05) is 0 Å². The monoisotopic (exact) mass is 325 g/mol. The van der Waals surface area contributed by atoms with Crippen molar-refractivity contribution in [2.45, 2.75) is 6.42 Å². The van der Waals surface area contributed by atoms with E-state index < -0.39 is 0 Å². The first kappa shape index (κ1) is 14.4. The highest BCUT2D eigenvalue weighted by Crippen LogP contribution is 2.28. The molecular weight excluding hydrogens is 310 g/mol. The zero-order valence-electron chi connectivity index (χ0n) is 12.8. The molecule has 0 saturated heterocycles. The minimum absolute atomic E-state index is 0.108. The maximum atomic E-state index is 11.7. The zero-order chi connectivity index (χ0) is 16.4. The third kappa shape index (κ3) is 2.85. The van der Waals surface area contributed by atoms with Gasteiger partial charge in [0.25, 0.3) is 5.91 Å². The molecule has 0 spiro atoms. The number of hydrogen-bond acceptors (Lipinski definition) is 6. The van der Waals surface area contributed by atoms with Gasteiger partial charge in [0.05, 0.1) is 24.5 Å². The highest BCUT2D eigenvalue weighted by atomic mass is 16.5. The Morgan fingerprint density at radius 2 is 2.12 bits per heavy atom. The molecule has 4 rings (SSSR count). The standard InChI is InChI=1S/C16H15N5O3/c22-14-9-24-15-8-17-7-13(19-15)16-11-6-10(23-5-1-4-18-14)2-3-12(11)20-21-16/h2-3,6-8H,1,4-5,9H2,(H,18,22)(H,20,21). The predicted molar refractivity (Wildman–Crippen MR) is 85.7 cm³/mol. The molecule has 8 heteroatoms. The zero-order valence-corrected chi connectivity index (χ0v) is 12.8. The van der Waals surface area contributed by atoms with E-state index >= 15 is 0 Å². The van der Waals surface area contributed by atoms with E-state index in [0.717, 1.165) is 16.7 Å². The molecule has 0 fully saturated rings. The Labute approximate surface area is 137 Å². The van der Waals surface area contributed by atoms with Crippen molar-refractivity contribution in [2.75, 3.05) is 19.8 Å². The van der Waals surface area contributed by atoms with Gasteiger partial charge in [0, 0.05) is 11.9 Å². The fraction of sp³-hybridized carbons (Fsp3) is 0.250. The minimum atomic E-state index is -0.209. The highest BCUT2D eigenvalue weighted by molar-refractivity contribution is 5.92. The number of amides is 1. The summed E-state index contributed by atoms with van der Waals surface area (Å²) in [5.74, 6) is 0.813. The van der Waals surface area contributed by atoms with Crippen molar-refractivity contribution in [3.63, 3.8) is 0 Å². The van der Waals surface area contributed by atoms with Crippen LogP contribution in [0.1, 0.15) is 6.42 Å². The van der Waals surface area contributed by atoms with Crippen LogP contribution in [0, 0.1) is 0 Å². The van der Waals surface area contributed by atoms with Crippen LogP contribution in [0.25, 0.3) is 22.3 Å². The van der Waals surface area contributed by atoms with Gasteiger partial charge in [-0.05, 0) is 24.6 Å². The van der Waals surface area contributed by atoms with Crippen LogP contribution in [-0.2, 0) is 4.79 Å². The van der Waals surface area contributed by atoms with Gasteiger partial charge in [-0.2, -0.15) is 5.10 Å². The van der Waals surface area contributed by atoms with Gasteiger partial charge in [-0.3, -0.25) is 14.9 Å². The Balaban J connectivity index is 1.78. The van der Waals surface area contributed by atoms with Crippen molar-refractivity contribution >= 4 is 16.8 Å². The average molecular weight is 325 g/mol. The van der Waals surface area contributed by atoms with Crippen LogP contribution in [0.4, 0.5) is 0 Å². The van der Waals surface area contributed by atoms with Gasteiger partial charge in [0.2, 0.25) is 5.88 Å². The van der Waals surface area contributed by atoms with E-state index in [1.165, 1.54) is 6.20 Å². The maximum absolute atomic E-state index is 11.7. The summed E-state index contributed by atoms with van der Waals surface area (Å²) in [7, 11) is 0. The lowest BCUT2D eigenvalue weighted by Gasteiger charge is -2.08. The molecule has 1 aliphatic heterocycles. The number of benzene rings is 1. The molecule has 4 bridgehead atoms. The van der Waals surface area contributed by atoms with Crippen molar-refractivity contribution in [3.05, 3.63) is 30.6 Å². The largest absolute Gasteiger partial charge is 0.494 e. The van der Waals surface area contributed by atoms with Crippen molar-refractivity contribution in [3.8, 4) is 23.0 Å². The molecule has 1 amide bonds. The number of aromatic nitrogens is 4. The number of fused-ring (bicyclic) bond motifs is 4. The number of rotatable bonds is 0. The Hall–Kier alpha value is -3.16. The normalized spacial score (nSPS) is 15.1. The van der Waals surface area contributed by atoms with E-state index in [9.17, 15) is 4.79 Å². The van der Waals surface area contributed by atoms with Crippen LogP contribution in [-0.4, -0.2) is 45.8 Å². The Morgan fingerprint density at radius 1 is 1.17 bits per heavy atom. The number of nitrogens with one attached hydrogen (secondary N) is 2. The maximum Gasteiger partial charge on any atom is 0.258 e. The molecule has 2 N–H and O–H groups in total. The summed E-state index contributed by atoms with van der Waals surface area (Å²) in [6.45, 7) is 0.920. The van der Waals surface area contributed by atoms with Crippen LogP contribution < -0.4 is 14.8 Å². The summed E-state index contributed by atoms with van der Waals surface area (Å²) in [6.07, 6.45) is 3.78. The Kier molecular flexibility index (Phi) is 3.70. The average Bonchev–Trinajstić information content (AvgIpc) is 3.02. The molecule has 3 aromatic rings. The predicted octanol–water partition coefficient (Wildman–Crippen LogP) is 1.30. The first-order chi connectivity index (χ1) is 11.8. The molecule has 1 aromatic carbocycles. The van der Waals surface area contributed by atoms with Crippen LogP contribution in [0.5, 0.6) is 11.6 Å². The molecule has 24 heavy (non-hydrogen) atoms. The minimum Gasteiger partial charge on any atom is -0.494 e. The number of ether oxygens (including phenoxy) is 2. The third-order valence-electron chi connectivity index (χ3n) is 3.65. The molecule has 122 valence electrons. The van der Waals surface area contributed by atoms with E-state index in [-0.39, 0.29) is 18.4 Å². The lowest BCUT2D eigenvalue weighted by atomic mass is 10.1. The summed E-state index contributed by atoms with van der Waals surface area (Å²) in [6, 6.07) is 5.71. The third-order valence-corrected chi connectivity index (χ3v) is 3.65. The number of carbonyl (C=O) groups excluding carboxylic acids is 1. The molecular formula is C16H15N5O3. The quantitative estimate of drug-likeness (QED) is 0.646. The molecule has 0 unspecified atom stereocenters. The van der Waals surface area contributed by atoms with E-state index in [1.807, 2.05) is 18.2 Å². The number of H-pyrrole nitrogens is 1. The summed E-state index contributed by atoms with van der Waals surface area (Å²) in [4.78, 5) is 20.2. The first-order valence-electron chi connectivity index (χ1n) is 7.62. The molecule has 2 aromatic heterocycles. The van der Waals surface area contributed by atoms with Gasteiger partial charge >= 0.3 is 0 Å². The molecule has 1 aliphatic rings. The van der Waals surface area contributed by atoms with Crippen LogP contribution in [0.3, 0.4) is 0 Å². The lowest BCUT2D eigenvalue weighted by molar-refractivity contribution is -0.123. The van der Waals surface area contributed by atoms with Crippen molar-refractivity contribution < 1.29 is 14.3 Å². The number of hydrogen-bond donors (Lipinski definition) is 2. The topological polar surface area (TPSA) is 102 Å². The lowest BCUT2D eigenvalue weighted by Crippen LogP contribution is -2.30. The molecule has 0 atom stereocenters.